The van der Waals surface area contributed by atoms with Crippen LogP contribution >= 0.6 is 0 Å². The van der Waals surface area contributed by atoms with Crippen LogP contribution in [0.15, 0.2) is 0 Å². The maximum absolute atomic E-state index is 12.1. The molecule has 0 unspecified atom stereocenters. The molecule has 0 heterocycles. The van der Waals surface area contributed by atoms with Gasteiger partial charge in [-0.3, -0.25) is 4.79 Å². The Bertz CT molecular complexity index is 459. The second kappa shape index (κ2) is 6.30. The first-order chi connectivity index (χ1) is 11.0. The molecule has 3 aliphatic carbocycles. The predicted octanol–water partition coefficient (Wildman–Crippen LogP) is 1.87. The molecule has 4 N–H and O–H groups in total. The zero-order valence-corrected chi connectivity index (χ0v) is 13.6. The van der Waals surface area contributed by atoms with E-state index < -0.39 is 5.97 Å². The predicted molar refractivity (Wildman–Crippen MR) is 85.0 cm³/mol. The molecule has 3 saturated carbocycles. The zero-order valence-electron chi connectivity index (χ0n) is 13.6. The summed E-state index contributed by atoms with van der Waals surface area (Å²) >= 11 is 0. The van der Waals surface area contributed by atoms with Gasteiger partial charge in [-0.1, -0.05) is 6.42 Å². The highest BCUT2D eigenvalue weighted by Gasteiger charge is 2.56. The fourth-order valence-electron chi connectivity index (χ4n) is 4.85. The summed E-state index contributed by atoms with van der Waals surface area (Å²) in [6, 6.07) is -0.124. The second-order valence-electron chi connectivity index (χ2n) is 8.08. The average molecular weight is 324 g/mol. The van der Waals surface area contributed by atoms with Crippen LogP contribution < -0.4 is 10.6 Å². The molecule has 3 rings (SSSR count). The third kappa shape index (κ3) is 3.47. The van der Waals surface area contributed by atoms with Crippen LogP contribution in [0.25, 0.3) is 0 Å². The minimum absolute atomic E-state index is 0.0649. The number of rotatable bonds is 5. The molecule has 0 aromatic carbocycles. The monoisotopic (exact) mass is 324 g/mol. The number of aliphatic hydroxyl groups is 1. The van der Waals surface area contributed by atoms with Crippen molar-refractivity contribution in [2.24, 2.45) is 16.7 Å². The number of nitrogens with one attached hydrogen (secondary N) is 2. The fourth-order valence-corrected chi connectivity index (χ4v) is 4.85. The number of carbonyl (C=O) groups excluding carboxylic acids is 1. The third-order valence-corrected chi connectivity index (χ3v) is 6.29. The van der Waals surface area contributed by atoms with Crippen LogP contribution in [0.2, 0.25) is 0 Å². The largest absolute Gasteiger partial charge is 0.481 e. The topological polar surface area (TPSA) is 98.7 Å². The van der Waals surface area contributed by atoms with Crippen molar-refractivity contribution in [2.75, 3.05) is 13.2 Å². The standard InChI is InChI=1S/C17H28N2O4/c20-11-17(8-16(9-17)6-1-7-16)10-18-15(23)19-13-4-2-12(3-5-13)14(21)22/h12-13,20H,1-11H2,(H,21,22)(H2,18,19,23). The molecule has 0 aromatic rings. The van der Waals surface area contributed by atoms with Crippen LogP contribution in [-0.2, 0) is 4.79 Å². The Morgan fingerprint density at radius 1 is 1.09 bits per heavy atom. The molecule has 6 nitrogen and oxygen atoms in total. The van der Waals surface area contributed by atoms with Gasteiger partial charge in [-0.2, -0.15) is 0 Å². The van der Waals surface area contributed by atoms with Crippen molar-refractivity contribution < 1.29 is 19.8 Å². The number of aliphatic hydroxyl groups excluding tert-OH is 1. The summed E-state index contributed by atoms with van der Waals surface area (Å²) in [5.74, 6) is -0.991. The van der Waals surface area contributed by atoms with Crippen molar-refractivity contribution in [3.63, 3.8) is 0 Å². The van der Waals surface area contributed by atoms with Gasteiger partial charge in [-0.05, 0) is 56.8 Å². The molecule has 0 saturated heterocycles. The van der Waals surface area contributed by atoms with Gasteiger partial charge in [0.2, 0.25) is 0 Å². The summed E-state index contributed by atoms with van der Waals surface area (Å²) in [5.41, 5.74) is 0.342. The minimum atomic E-state index is -0.729. The highest BCUT2D eigenvalue weighted by Crippen LogP contribution is 2.63. The normalized spacial score (nSPS) is 30.8. The van der Waals surface area contributed by atoms with E-state index in [2.05, 4.69) is 10.6 Å². The lowest BCUT2D eigenvalue weighted by atomic mass is 9.45. The number of carbonyl (C=O) groups is 2. The zero-order chi connectivity index (χ0) is 16.5. The van der Waals surface area contributed by atoms with E-state index in [1.54, 1.807) is 0 Å². The number of urea groups is 1. The van der Waals surface area contributed by atoms with Crippen LogP contribution in [0.4, 0.5) is 4.79 Å². The quantitative estimate of drug-likeness (QED) is 0.620. The molecule has 1 spiro atoms. The van der Waals surface area contributed by atoms with Crippen molar-refractivity contribution in [2.45, 2.75) is 63.8 Å². The van der Waals surface area contributed by atoms with E-state index in [1.165, 1.54) is 19.3 Å². The van der Waals surface area contributed by atoms with Gasteiger partial charge in [0.05, 0.1) is 12.5 Å². The first-order valence-corrected chi connectivity index (χ1v) is 8.84. The summed E-state index contributed by atoms with van der Waals surface area (Å²) in [7, 11) is 0. The van der Waals surface area contributed by atoms with Crippen molar-refractivity contribution in [3.05, 3.63) is 0 Å². The van der Waals surface area contributed by atoms with Gasteiger partial charge in [-0.15, -0.1) is 0 Å². The molecule has 6 heteroatoms. The molecular formula is C17H28N2O4. The van der Waals surface area contributed by atoms with Crippen molar-refractivity contribution in [1.82, 2.24) is 10.6 Å². The lowest BCUT2D eigenvalue weighted by molar-refractivity contribution is -0.142. The smallest absolute Gasteiger partial charge is 0.315 e. The maximum Gasteiger partial charge on any atom is 0.315 e. The van der Waals surface area contributed by atoms with E-state index in [4.69, 9.17) is 5.11 Å². The number of hydrogen-bond donors (Lipinski definition) is 4. The molecule has 0 radical (unpaired) electrons. The van der Waals surface area contributed by atoms with Gasteiger partial charge in [0, 0.05) is 18.0 Å². The van der Waals surface area contributed by atoms with Crippen LogP contribution in [-0.4, -0.2) is 41.4 Å². The van der Waals surface area contributed by atoms with Crippen LogP contribution in [0.1, 0.15) is 57.8 Å². The van der Waals surface area contributed by atoms with Gasteiger partial charge >= 0.3 is 12.0 Å². The van der Waals surface area contributed by atoms with Gasteiger partial charge < -0.3 is 20.8 Å². The molecule has 2 amide bonds. The Hall–Kier alpha value is -1.30. The van der Waals surface area contributed by atoms with Crippen molar-refractivity contribution in [1.29, 1.82) is 0 Å². The van der Waals surface area contributed by atoms with Gasteiger partial charge in [0.1, 0.15) is 0 Å². The summed E-state index contributed by atoms with van der Waals surface area (Å²) in [6.45, 7) is 0.667. The SMILES string of the molecule is O=C(NCC1(CO)CC2(CCC2)C1)NC1CCC(C(=O)O)CC1. The van der Waals surface area contributed by atoms with E-state index in [9.17, 15) is 14.7 Å². The first kappa shape index (κ1) is 16.6. The molecule has 23 heavy (non-hydrogen) atoms. The Kier molecular flexibility index (Phi) is 4.54. The number of amides is 2. The Morgan fingerprint density at radius 3 is 2.22 bits per heavy atom. The minimum Gasteiger partial charge on any atom is -0.481 e. The molecular weight excluding hydrogens is 296 g/mol. The highest BCUT2D eigenvalue weighted by molar-refractivity contribution is 5.74. The molecule has 3 fully saturated rings. The summed E-state index contributed by atoms with van der Waals surface area (Å²) in [5, 5.41) is 24.5. The lowest BCUT2D eigenvalue weighted by Crippen LogP contribution is -2.58. The molecule has 130 valence electrons. The van der Waals surface area contributed by atoms with Crippen molar-refractivity contribution >= 4 is 12.0 Å². The van der Waals surface area contributed by atoms with Crippen LogP contribution in [0.3, 0.4) is 0 Å². The molecule has 0 bridgehead atoms. The van der Waals surface area contributed by atoms with E-state index >= 15 is 0 Å². The Balaban J connectivity index is 1.37. The van der Waals surface area contributed by atoms with E-state index in [0.29, 0.717) is 24.8 Å². The third-order valence-electron chi connectivity index (χ3n) is 6.29. The van der Waals surface area contributed by atoms with Crippen molar-refractivity contribution in [3.8, 4) is 0 Å². The number of aliphatic carboxylic acids is 1. The van der Waals surface area contributed by atoms with Gasteiger partial charge in [0.25, 0.3) is 0 Å². The van der Waals surface area contributed by atoms with E-state index in [-0.39, 0.29) is 30.0 Å². The summed E-state index contributed by atoms with van der Waals surface area (Å²) < 4.78 is 0. The Labute approximate surface area is 137 Å². The number of carboxylic acids is 1. The number of carboxylic acid groups (broad SMARTS) is 1. The summed E-state index contributed by atoms with van der Waals surface area (Å²) in [6.07, 6.45) is 8.60. The van der Waals surface area contributed by atoms with Gasteiger partial charge in [-0.25, -0.2) is 4.79 Å². The molecule has 3 aliphatic rings. The fraction of sp³-hybridized carbons (Fsp3) is 0.882. The lowest BCUT2D eigenvalue weighted by Gasteiger charge is -2.60. The molecule has 0 aromatic heterocycles. The van der Waals surface area contributed by atoms with Gasteiger partial charge in [0.15, 0.2) is 0 Å². The first-order valence-electron chi connectivity index (χ1n) is 8.84. The van der Waals surface area contributed by atoms with E-state index in [1.807, 2.05) is 0 Å². The average Bonchev–Trinajstić information content (AvgIpc) is 2.45. The second-order valence-corrected chi connectivity index (χ2v) is 8.08. The Morgan fingerprint density at radius 2 is 1.74 bits per heavy atom. The molecule has 0 aliphatic heterocycles. The van der Waals surface area contributed by atoms with Crippen LogP contribution in [0, 0.1) is 16.7 Å². The maximum atomic E-state index is 12.1. The molecule has 0 atom stereocenters. The number of hydrogen-bond acceptors (Lipinski definition) is 3. The summed E-state index contributed by atoms with van der Waals surface area (Å²) in [4.78, 5) is 23.0. The van der Waals surface area contributed by atoms with Crippen LogP contribution in [0.5, 0.6) is 0 Å². The highest BCUT2D eigenvalue weighted by atomic mass is 16.4. The van der Waals surface area contributed by atoms with E-state index in [0.717, 1.165) is 25.7 Å².